The summed E-state index contributed by atoms with van der Waals surface area (Å²) in [5.41, 5.74) is 2.58. The zero-order valence-corrected chi connectivity index (χ0v) is 15.3. The Balaban J connectivity index is 1.68. The molecule has 4 heteroatoms. The van der Waals surface area contributed by atoms with Gasteiger partial charge in [-0.15, -0.1) is 0 Å². The molecule has 3 amide bonds. The molecule has 3 aromatic carbocycles. The molecule has 4 rings (SSSR count). The molecule has 1 fully saturated rings. The van der Waals surface area contributed by atoms with E-state index in [1.807, 2.05) is 84.9 Å². The molecule has 1 heterocycles. The van der Waals surface area contributed by atoms with Gasteiger partial charge in [0.2, 0.25) is 0 Å². The standard InChI is InChI=1S/C24H20N2O2/c27-23-22(18-20-12-6-2-7-13-20)25(17-16-19-10-4-1-5-11-19)24(28)26(23)21-14-8-3-9-15-21/h1-17,22H,18H2/b17-16+/t22-/m0/s1. The van der Waals surface area contributed by atoms with E-state index in [0.717, 1.165) is 11.1 Å². The number of rotatable bonds is 5. The van der Waals surface area contributed by atoms with Crippen LogP contribution in [0.2, 0.25) is 0 Å². The first kappa shape index (κ1) is 17.7. The van der Waals surface area contributed by atoms with Crippen molar-refractivity contribution in [2.75, 3.05) is 4.90 Å². The van der Waals surface area contributed by atoms with Gasteiger partial charge in [0.05, 0.1) is 5.69 Å². The summed E-state index contributed by atoms with van der Waals surface area (Å²) >= 11 is 0. The number of hydrogen-bond donors (Lipinski definition) is 0. The van der Waals surface area contributed by atoms with E-state index < -0.39 is 6.04 Å². The topological polar surface area (TPSA) is 40.6 Å². The highest BCUT2D eigenvalue weighted by Gasteiger charge is 2.44. The van der Waals surface area contributed by atoms with Gasteiger partial charge in [-0.2, -0.15) is 0 Å². The number of benzene rings is 3. The van der Waals surface area contributed by atoms with Gasteiger partial charge in [0, 0.05) is 12.6 Å². The van der Waals surface area contributed by atoms with Crippen LogP contribution in [0.1, 0.15) is 11.1 Å². The Morgan fingerprint density at radius 3 is 1.96 bits per heavy atom. The number of nitrogens with zero attached hydrogens (tertiary/aromatic N) is 2. The van der Waals surface area contributed by atoms with E-state index in [1.54, 1.807) is 18.3 Å². The second-order valence-electron chi connectivity index (χ2n) is 6.63. The van der Waals surface area contributed by atoms with Crippen molar-refractivity contribution in [3.05, 3.63) is 108 Å². The van der Waals surface area contributed by atoms with E-state index in [9.17, 15) is 9.59 Å². The van der Waals surface area contributed by atoms with Gasteiger partial charge in [-0.25, -0.2) is 9.69 Å². The zero-order valence-electron chi connectivity index (χ0n) is 15.3. The van der Waals surface area contributed by atoms with Crippen LogP contribution in [-0.2, 0) is 11.2 Å². The molecule has 0 saturated carbocycles. The lowest BCUT2D eigenvalue weighted by Crippen LogP contribution is -2.32. The van der Waals surface area contributed by atoms with Crippen molar-refractivity contribution in [3.63, 3.8) is 0 Å². The van der Waals surface area contributed by atoms with E-state index in [1.165, 1.54) is 9.80 Å². The third kappa shape index (κ3) is 3.58. The maximum Gasteiger partial charge on any atom is 0.336 e. The number of amides is 3. The zero-order chi connectivity index (χ0) is 19.3. The molecular formula is C24H20N2O2. The van der Waals surface area contributed by atoms with Crippen LogP contribution in [0.4, 0.5) is 10.5 Å². The number of hydrogen-bond acceptors (Lipinski definition) is 2. The number of para-hydroxylation sites is 1. The molecule has 0 radical (unpaired) electrons. The molecule has 138 valence electrons. The van der Waals surface area contributed by atoms with Crippen molar-refractivity contribution in [1.29, 1.82) is 0 Å². The first-order valence-electron chi connectivity index (χ1n) is 9.22. The molecule has 0 N–H and O–H groups in total. The minimum atomic E-state index is -0.574. The first-order valence-corrected chi connectivity index (χ1v) is 9.22. The van der Waals surface area contributed by atoms with Crippen LogP contribution in [0.15, 0.2) is 97.2 Å². The maximum absolute atomic E-state index is 13.2. The molecule has 0 bridgehead atoms. The highest BCUT2D eigenvalue weighted by atomic mass is 16.2. The monoisotopic (exact) mass is 368 g/mol. The third-order valence-corrected chi connectivity index (χ3v) is 4.77. The predicted octanol–water partition coefficient (Wildman–Crippen LogP) is 4.74. The number of urea groups is 1. The summed E-state index contributed by atoms with van der Waals surface area (Å²) in [6.45, 7) is 0. The van der Waals surface area contributed by atoms with Crippen LogP contribution < -0.4 is 4.90 Å². The summed E-state index contributed by atoms with van der Waals surface area (Å²) in [7, 11) is 0. The van der Waals surface area contributed by atoms with Crippen molar-refractivity contribution in [1.82, 2.24) is 4.90 Å². The van der Waals surface area contributed by atoms with Gasteiger partial charge in [0.25, 0.3) is 5.91 Å². The summed E-state index contributed by atoms with van der Waals surface area (Å²) in [5.74, 6) is -0.210. The predicted molar refractivity (Wildman–Crippen MR) is 111 cm³/mol. The number of carbonyl (C=O) groups is 2. The molecule has 0 aliphatic carbocycles. The largest absolute Gasteiger partial charge is 0.336 e. The number of carbonyl (C=O) groups excluding carboxylic acids is 2. The molecule has 1 atom stereocenters. The summed E-state index contributed by atoms with van der Waals surface area (Å²) in [4.78, 5) is 29.1. The quantitative estimate of drug-likeness (QED) is 0.611. The van der Waals surface area contributed by atoms with Crippen molar-refractivity contribution >= 4 is 23.7 Å². The maximum atomic E-state index is 13.2. The Bertz CT molecular complexity index is 985. The third-order valence-electron chi connectivity index (χ3n) is 4.77. The fourth-order valence-electron chi connectivity index (χ4n) is 3.35. The van der Waals surface area contributed by atoms with Gasteiger partial charge in [0.1, 0.15) is 6.04 Å². The van der Waals surface area contributed by atoms with Crippen LogP contribution in [0.25, 0.3) is 6.08 Å². The minimum absolute atomic E-state index is 0.210. The normalized spacial score (nSPS) is 16.9. The van der Waals surface area contributed by atoms with Crippen LogP contribution >= 0.6 is 0 Å². The summed E-state index contributed by atoms with van der Waals surface area (Å²) in [5, 5.41) is 0. The Morgan fingerprint density at radius 1 is 0.750 bits per heavy atom. The minimum Gasteiger partial charge on any atom is -0.287 e. The van der Waals surface area contributed by atoms with E-state index in [2.05, 4.69) is 0 Å². The molecule has 0 unspecified atom stereocenters. The fourth-order valence-corrected chi connectivity index (χ4v) is 3.35. The van der Waals surface area contributed by atoms with Gasteiger partial charge < -0.3 is 0 Å². The molecule has 28 heavy (non-hydrogen) atoms. The molecule has 3 aromatic rings. The Hall–Kier alpha value is -3.66. The highest BCUT2D eigenvalue weighted by Crippen LogP contribution is 2.27. The molecular weight excluding hydrogens is 348 g/mol. The Morgan fingerprint density at radius 2 is 1.32 bits per heavy atom. The van der Waals surface area contributed by atoms with Crippen LogP contribution in [0.3, 0.4) is 0 Å². The highest BCUT2D eigenvalue weighted by molar-refractivity contribution is 6.21. The Labute approximate surface area is 164 Å². The van der Waals surface area contributed by atoms with Gasteiger partial charge in [0.15, 0.2) is 0 Å². The van der Waals surface area contributed by atoms with E-state index in [0.29, 0.717) is 12.1 Å². The van der Waals surface area contributed by atoms with E-state index in [4.69, 9.17) is 0 Å². The lowest BCUT2D eigenvalue weighted by Gasteiger charge is -2.17. The van der Waals surface area contributed by atoms with Crippen molar-refractivity contribution in [3.8, 4) is 0 Å². The van der Waals surface area contributed by atoms with Gasteiger partial charge >= 0.3 is 6.03 Å². The molecule has 4 nitrogen and oxygen atoms in total. The van der Waals surface area contributed by atoms with Crippen molar-refractivity contribution < 1.29 is 9.59 Å². The van der Waals surface area contributed by atoms with Crippen molar-refractivity contribution in [2.45, 2.75) is 12.5 Å². The molecule has 0 spiro atoms. The Kier molecular flexibility index (Phi) is 5.02. The molecule has 0 aromatic heterocycles. The average molecular weight is 368 g/mol. The van der Waals surface area contributed by atoms with E-state index in [-0.39, 0.29) is 11.9 Å². The second-order valence-corrected chi connectivity index (χ2v) is 6.63. The first-order chi connectivity index (χ1) is 13.7. The smallest absolute Gasteiger partial charge is 0.287 e. The average Bonchev–Trinajstić information content (AvgIpc) is 2.98. The lowest BCUT2D eigenvalue weighted by atomic mass is 10.1. The SMILES string of the molecule is O=C1[C@H](Cc2ccccc2)N(/C=C/c2ccccc2)C(=O)N1c1ccccc1. The summed E-state index contributed by atoms with van der Waals surface area (Å²) in [6.07, 6.45) is 4.04. The summed E-state index contributed by atoms with van der Waals surface area (Å²) < 4.78 is 0. The van der Waals surface area contributed by atoms with Crippen LogP contribution in [-0.4, -0.2) is 22.9 Å². The van der Waals surface area contributed by atoms with Crippen LogP contribution in [0, 0.1) is 0 Å². The van der Waals surface area contributed by atoms with Gasteiger partial charge in [-0.3, -0.25) is 9.69 Å². The van der Waals surface area contributed by atoms with Crippen molar-refractivity contribution in [2.24, 2.45) is 0 Å². The van der Waals surface area contributed by atoms with Gasteiger partial charge in [-0.1, -0.05) is 78.9 Å². The van der Waals surface area contributed by atoms with Crippen LogP contribution in [0.5, 0.6) is 0 Å². The van der Waals surface area contributed by atoms with Gasteiger partial charge in [-0.05, 0) is 29.3 Å². The number of anilines is 1. The number of imide groups is 1. The molecule has 1 aliphatic rings. The molecule has 1 saturated heterocycles. The second kappa shape index (κ2) is 7.92. The summed E-state index contributed by atoms with van der Waals surface area (Å²) in [6, 6.07) is 27.7. The van der Waals surface area contributed by atoms with E-state index >= 15 is 0 Å². The lowest BCUT2D eigenvalue weighted by molar-refractivity contribution is -0.119. The molecule has 1 aliphatic heterocycles. The fraction of sp³-hybridized carbons (Fsp3) is 0.0833.